The molecule has 1 saturated carbocycles. The molecule has 1 aliphatic rings. The van der Waals surface area contributed by atoms with Crippen molar-refractivity contribution in [1.82, 2.24) is 4.98 Å². The van der Waals surface area contributed by atoms with Gasteiger partial charge in [0.05, 0.1) is 22.0 Å². The monoisotopic (exact) mass is 365 g/mol. The predicted molar refractivity (Wildman–Crippen MR) is 104 cm³/mol. The van der Waals surface area contributed by atoms with E-state index in [0.717, 1.165) is 36.8 Å². The van der Waals surface area contributed by atoms with E-state index in [4.69, 9.17) is 9.15 Å². The molecule has 5 nitrogen and oxygen atoms in total. The Kier molecular flexibility index (Phi) is 4.46. The molecule has 0 radical (unpaired) electrons. The second kappa shape index (κ2) is 6.80. The van der Waals surface area contributed by atoms with Crippen molar-refractivity contribution in [2.24, 2.45) is 0 Å². The number of carbonyl (C=O) groups excluding carboxylic acids is 1. The summed E-state index contributed by atoms with van der Waals surface area (Å²) in [5.74, 6) is -0.409. The molecule has 2 aromatic heterocycles. The Morgan fingerprint density at radius 3 is 2.48 bits per heavy atom. The zero-order valence-electron chi connectivity index (χ0n) is 15.9. The maximum absolute atomic E-state index is 13.0. The van der Waals surface area contributed by atoms with Crippen molar-refractivity contribution < 1.29 is 13.9 Å². The van der Waals surface area contributed by atoms with E-state index >= 15 is 0 Å². The van der Waals surface area contributed by atoms with Crippen LogP contribution in [0.15, 0.2) is 27.4 Å². The molecular weight excluding hydrogens is 342 g/mol. The minimum Gasteiger partial charge on any atom is -0.459 e. The van der Waals surface area contributed by atoms with Crippen molar-refractivity contribution in [3.05, 3.63) is 50.8 Å². The molecule has 27 heavy (non-hydrogen) atoms. The lowest BCUT2D eigenvalue weighted by atomic mass is 9.98. The highest BCUT2D eigenvalue weighted by molar-refractivity contribution is 5.96. The molecule has 140 valence electrons. The molecule has 4 rings (SSSR count). The minimum absolute atomic E-state index is 0.0417. The van der Waals surface area contributed by atoms with E-state index in [1.54, 1.807) is 13.0 Å². The van der Waals surface area contributed by atoms with Gasteiger partial charge in [-0.05, 0) is 75.8 Å². The standard InChI is InChI=1S/C22H23NO4/c1-12-9-17-19(10-13(12)2)27-21-18(20(17)24)11-16(14(3)23-21)22(25)26-15-7-5-4-6-8-15/h9-11,15H,4-8H2,1-3H3. The molecule has 0 unspecified atom stereocenters. The summed E-state index contributed by atoms with van der Waals surface area (Å²) in [5.41, 5.74) is 3.51. The van der Waals surface area contributed by atoms with Gasteiger partial charge in [0, 0.05) is 0 Å². The van der Waals surface area contributed by atoms with Crippen molar-refractivity contribution in [1.29, 1.82) is 0 Å². The number of pyridine rings is 1. The zero-order chi connectivity index (χ0) is 19.1. The van der Waals surface area contributed by atoms with Gasteiger partial charge < -0.3 is 9.15 Å². The normalized spacial score (nSPS) is 15.4. The van der Waals surface area contributed by atoms with Gasteiger partial charge in [-0.2, -0.15) is 0 Å². The molecular formula is C22H23NO4. The van der Waals surface area contributed by atoms with E-state index in [1.807, 2.05) is 26.0 Å². The molecule has 0 spiro atoms. The van der Waals surface area contributed by atoms with Gasteiger partial charge in [0.25, 0.3) is 0 Å². The fraction of sp³-hybridized carbons (Fsp3) is 0.409. The van der Waals surface area contributed by atoms with Crippen molar-refractivity contribution in [2.75, 3.05) is 0 Å². The second-order valence-electron chi connectivity index (χ2n) is 7.50. The number of carbonyl (C=O) groups is 1. The van der Waals surface area contributed by atoms with Crippen LogP contribution in [0.4, 0.5) is 0 Å². The van der Waals surface area contributed by atoms with Gasteiger partial charge in [-0.25, -0.2) is 9.78 Å². The van der Waals surface area contributed by atoms with Gasteiger partial charge in [0.15, 0.2) is 0 Å². The SMILES string of the molecule is Cc1cc2oc3nc(C)c(C(=O)OC4CCCCC4)cc3c(=O)c2cc1C. The Morgan fingerprint density at radius 2 is 1.74 bits per heavy atom. The van der Waals surface area contributed by atoms with E-state index in [2.05, 4.69) is 4.98 Å². The van der Waals surface area contributed by atoms with Gasteiger partial charge in [0.1, 0.15) is 11.7 Å². The fourth-order valence-corrected chi connectivity index (χ4v) is 3.73. The van der Waals surface area contributed by atoms with Crippen LogP contribution in [-0.2, 0) is 4.74 Å². The van der Waals surface area contributed by atoms with Gasteiger partial charge in [0.2, 0.25) is 11.1 Å². The molecule has 0 N–H and O–H groups in total. The third-order valence-corrected chi connectivity index (χ3v) is 5.52. The number of nitrogens with zero attached hydrogens (tertiary/aromatic N) is 1. The molecule has 1 aliphatic carbocycles. The van der Waals surface area contributed by atoms with Crippen LogP contribution in [0.5, 0.6) is 0 Å². The Balaban J connectivity index is 1.80. The Bertz CT molecular complexity index is 1110. The number of benzene rings is 1. The predicted octanol–water partition coefficient (Wildman–Crippen LogP) is 4.76. The maximum atomic E-state index is 13.0. The lowest BCUT2D eigenvalue weighted by Crippen LogP contribution is -2.22. The first kappa shape index (κ1) is 17.7. The average Bonchev–Trinajstić information content (AvgIpc) is 2.64. The number of esters is 1. The topological polar surface area (TPSA) is 69.4 Å². The first-order valence-corrected chi connectivity index (χ1v) is 9.50. The molecule has 1 fully saturated rings. The van der Waals surface area contributed by atoms with Crippen molar-refractivity contribution >= 4 is 28.0 Å². The highest BCUT2D eigenvalue weighted by Crippen LogP contribution is 2.25. The summed E-state index contributed by atoms with van der Waals surface area (Å²) in [5, 5.41) is 0.815. The van der Waals surface area contributed by atoms with E-state index in [1.165, 1.54) is 6.42 Å². The number of aryl methyl sites for hydroxylation is 3. The summed E-state index contributed by atoms with van der Waals surface area (Å²) < 4.78 is 11.5. The van der Waals surface area contributed by atoms with Gasteiger partial charge >= 0.3 is 5.97 Å². The first-order valence-electron chi connectivity index (χ1n) is 9.50. The number of rotatable bonds is 2. The van der Waals surface area contributed by atoms with Gasteiger partial charge in [-0.15, -0.1) is 0 Å². The molecule has 0 bridgehead atoms. The third-order valence-electron chi connectivity index (χ3n) is 5.52. The summed E-state index contributed by atoms with van der Waals surface area (Å²) in [4.78, 5) is 30.0. The molecule has 0 aliphatic heterocycles. The highest BCUT2D eigenvalue weighted by Gasteiger charge is 2.22. The lowest BCUT2D eigenvalue weighted by Gasteiger charge is -2.22. The Morgan fingerprint density at radius 1 is 1.04 bits per heavy atom. The molecule has 2 heterocycles. The second-order valence-corrected chi connectivity index (χ2v) is 7.50. The van der Waals surface area contributed by atoms with Gasteiger partial charge in [-0.1, -0.05) is 6.42 Å². The molecule has 1 aromatic carbocycles. The van der Waals surface area contributed by atoms with Crippen LogP contribution >= 0.6 is 0 Å². The van der Waals surface area contributed by atoms with Crippen LogP contribution in [0.25, 0.3) is 22.1 Å². The van der Waals surface area contributed by atoms with Crippen molar-refractivity contribution in [2.45, 2.75) is 59.0 Å². The molecule has 3 aromatic rings. The van der Waals surface area contributed by atoms with E-state index < -0.39 is 5.97 Å². The number of ether oxygens (including phenoxy) is 1. The number of aromatic nitrogens is 1. The van der Waals surface area contributed by atoms with Crippen LogP contribution in [-0.4, -0.2) is 17.1 Å². The zero-order valence-corrected chi connectivity index (χ0v) is 15.9. The first-order chi connectivity index (χ1) is 12.9. The van der Waals surface area contributed by atoms with Crippen molar-refractivity contribution in [3.63, 3.8) is 0 Å². The molecule has 0 saturated heterocycles. The largest absolute Gasteiger partial charge is 0.459 e. The van der Waals surface area contributed by atoms with Crippen molar-refractivity contribution in [3.8, 4) is 0 Å². The molecule has 0 atom stereocenters. The number of hydrogen-bond acceptors (Lipinski definition) is 5. The Labute approximate surface area is 157 Å². The Hall–Kier alpha value is -2.69. The quantitative estimate of drug-likeness (QED) is 0.484. The maximum Gasteiger partial charge on any atom is 0.340 e. The van der Waals surface area contributed by atoms with E-state index in [0.29, 0.717) is 27.6 Å². The summed E-state index contributed by atoms with van der Waals surface area (Å²) in [6.07, 6.45) is 5.12. The summed E-state index contributed by atoms with van der Waals surface area (Å²) in [6, 6.07) is 5.26. The summed E-state index contributed by atoms with van der Waals surface area (Å²) in [6.45, 7) is 5.67. The summed E-state index contributed by atoms with van der Waals surface area (Å²) in [7, 11) is 0. The minimum atomic E-state index is -0.409. The van der Waals surface area contributed by atoms with Crippen LogP contribution in [0.1, 0.15) is 59.3 Å². The van der Waals surface area contributed by atoms with Crippen LogP contribution in [0.3, 0.4) is 0 Å². The number of hydrogen-bond donors (Lipinski definition) is 0. The number of fused-ring (bicyclic) bond motifs is 2. The van der Waals surface area contributed by atoms with Crippen LogP contribution < -0.4 is 5.43 Å². The summed E-state index contributed by atoms with van der Waals surface area (Å²) >= 11 is 0. The third kappa shape index (κ3) is 3.22. The van der Waals surface area contributed by atoms with Crippen LogP contribution in [0.2, 0.25) is 0 Å². The molecule has 5 heteroatoms. The highest BCUT2D eigenvalue weighted by atomic mass is 16.5. The fourth-order valence-electron chi connectivity index (χ4n) is 3.73. The van der Waals surface area contributed by atoms with E-state index in [9.17, 15) is 9.59 Å². The van der Waals surface area contributed by atoms with Gasteiger partial charge in [-0.3, -0.25) is 4.79 Å². The smallest absolute Gasteiger partial charge is 0.340 e. The average molecular weight is 365 g/mol. The lowest BCUT2D eigenvalue weighted by molar-refractivity contribution is 0.0210. The van der Waals surface area contributed by atoms with E-state index in [-0.39, 0.29) is 17.2 Å². The molecule has 0 amide bonds. The van der Waals surface area contributed by atoms with Crippen LogP contribution in [0, 0.1) is 20.8 Å².